The van der Waals surface area contributed by atoms with Crippen LogP contribution in [0.2, 0.25) is 0 Å². The first-order valence-corrected chi connectivity index (χ1v) is 8.83. The summed E-state index contributed by atoms with van der Waals surface area (Å²) in [5.41, 5.74) is 1.67. The predicted octanol–water partition coefficient (Wildman–Crippen LogP) is 2.91. The number of amides is 2. The van der Waals surface area contributed by atoms with Gasteiger partial charge in [-0.2, -0.15) is 0 Å². The highest BCUT2D eigenvalue weighted by molar-refractivity contribution is 5.74. The Hall–Kier alpha value is -2.76. The molecule has 2 aromatic rings. The molecule has 0 atom stereocenters. The van der Waals surface area contributed by atoms with E-state index in [9.17, 15) is 9.18 Å². The van der Waals surface area contributed by atoms with Gasteiger partial charge in [0.15, 0.2) is 0 Å². The number of hydrogen-bond acceptors (Lipinski definition) is 3. The molecule has 1 fully saturated rings. The van der Waals surface area contributed by atoms with E-state index in [2.05, 4.69) is 5.32 Å². The molecule has 1 N–H and O–H groups in total. The Balaban J connectivity index is 1.46. The number of anilines is 1. The highest BCUT2D eigenvalue weighted by Gasteiger charge is 2.22. The van der Waals surface area contributed by atoms with Crippen LogP contribution in [0.15, 0.2) is 48.5 Å². The summed E-state index contributed by atoms with van der Waals surface area (Å²) >= 11 is 0. The van der Waals surface area contributed by atoms with E-state index in [4.69, 9.17) is 4.74 Å². The fourth-order valence-electron chi connectivity index (χ4n) is 3.18. The summed E-state index contributed by atoms with van der Waals surface area (Å²) in [6.07, 6.45) is 0.713. The van der Waals surface area contributed by atoms with Gasteiger partial charge >= 0.3 is 6.03 Å². The quantitative estimate of drug-likeness (QED) is 0.895. The van der Waals surface area contributed by atoms with E-state index >= 15 is 0 Å². The van der Waals surface area contributed by atoms with Crippen molar-refractivity contribution < 1.29 is 13.9 Å². The minimum Gasteiger partial charge on any atom is -0.496 e. The average molecular weight is 357 g/mol. The zero-order valence-electron chi connectivity index (χ0n) is 15.0. The molecule has 1 aliphatic rings. The molecule has 1 saturated heterocycles. The van der Waals surface area contributed by atoms with Crippen LogP contribution in [0.1, 0.15) is 5.56 Å². The van der Waals surface area contributed by atoms with E-state index in [1.165, 1.54) is 6.07 Å². The van der Waals surface area contributed by atoms with Gasteiger partial charge in [-0.3, -0.25) is 0 Å². The molecular formula is C20H24FN3O2. The number of piperazine rings is 1. The van der Waals surface area contributed by atoms with Crippen molar-refractivity contribution in [2.75, 3.05) is 44.7 Å². The number of nitrogens with zero attached hydrogens (tertiary/aromatic N) is 2. The van der Waals surface area contributed by atoms with Gasteiger partial charge in [0.1, 0.15) is 11.6 Å². The number of benzene rings is 2. The number of urea groups is 1. The van der Waals surface area contributed by atoms with E-state index in [1.54, 1.807) is 24.1 Å². The first-order valence-electron chi connectivity index (χ1n) is 8.83. The predicted molar refractivity (Wildman–Crippen MR) is 100 cm³/mol. The molecule has 2 amide bonds. The average Bonchev–Trinajstić information content (AvgIpc) is 2.69. The van der Waals surface area contributed by atoms with E-state index in [1.807, 2.05) is 35.2 Å². The fraction of sp³-hybridized carbons (Fsp3) is 0.350. The van der Waals surface area contributed by atoms with Gasteiger partial charge in [-0.15, -0.1) is 0 Å². The van der Waals surface area contributed by atoms with Gasteiger partial charge in [0.25, 0.3) is 0 Å². The van der Waals surface area contributed by atoms with Gasteiger partial charge < -0.3 is 19.9 Å². The Bertz CT molecular complexity index is 745. The topological polar surface area (TPSA) is 44.8 Å². The van der Waals surface area contributed by atoms with Crippen LogP contribution in [0.3, 0.4) is 0 Å². The van der Waals surface area contributed by atoms with Crippen LogP contribution < -0.4 is 15.0 Å². The number of hydrogen-bond donors (Lipinski definition) is 1. The van der Waals surface area contributed by atoms with Crippen LogP contribution in [0, 0.1) is 5.82 Å². The Morgan fingerprint density at radius 3 is 2.50 bits per heavy atom. The normalized spacial score (nSPS) is 14.2. The van der Waals surface area contributed by atoms with E-state index in [0.717, 1.165) is 11.3 Å². The molecule has 0 aliphatic carbocycles. The molecular weight excluding hydrogens is 333 g/mol. The minimum absolute atomic E-state index is 0.0759. The Labute approximate surface area is 153 Å². The SMILES string of the molecule is COc1ccccc1CCNC(=O)N1CCN(c2ccccc2F)CC1. The number of nitrogens with one attached hydrogen (secondary N) is 1. The molecule has 3 rings (SSSR count). The molecule has 0 radical (unpaired) electrons. The second-order valence-electron chi connectivity index (χ2n) is 6.22. The third-order valence-electron chi connectivity index (χ3n) is 4.62. The lowest BCUT2D eigenvalue weighted by Crippen LogP contribution is -2.52. The standard InChI is InChI=1S/C20H24FN3O2/c1-26-19-9-5-2-6-16(19)10-11-22-20(25)24-14-12-23(13-15-24)18-8-4-3-7-17(18)21/h2-9H,10-15H2,1H3,(H,22,25). The van der Waals surface area contributed by atoms with Crippen molar-refractivity contribution in [3.05, 3.63) is 59.9 Å². The summed E-state index contributed by atoms with van der Waals surface area (Å²) in [7, 11) is 1.65. The van der Waals surface area contributed by atoms with Gasteiger partial charge in [-0.25, -0.2) is 9.18 Å². The smallest absolute Gasteiger partial charge is 0.317 e. The molecule has 1 heterocycles. The highest BCUT2D eigenvalue weighted by Crippen LogP contribution is 2.20. The van der Waals surface area contributed by atoms with Gasteiger partial charge in [0.05, 0.1) is 12.8 Å². The summed E-state index contributed by atoms with van der Waals surface area (Å²) in [5, 5.41) is 2.96. The number of carbonyl (C=O) groups is 1. The molecule has 5 nitrogen and oxygen atoms in total. The monoisotopic (exact) mass is 357 g/mol. The van der Waals surface area contributed by atoms with Gasteiger partial charge in [0, 0.05) is 32.7 Å². The van der Waals surface area contributed by atoms with Crippen LogP contribution in [0.4, 0.5) is 14.9 Å². The number of halogens is 1. The molecule has 0 aromatic heterocycles. The van der Waals surface area contributed by atoms with Crippen molar-refractivity contribution in [1.82, 2.24) is 10.2 Å². The Morgan fingerprint density at radius 1 is 1.08 bits per heavy atom. The summed E-state index contributed by atoms with van der Waals surface area (Å²) in [6.45, 7) is 2.96. The van der Waals surface area contributed by atoms with Crippen molar-refractivity contribution in [3.8, 4) is 5.75 Å². The van der Waals surface area contributed by atoms with Crippen LogP contribution in [0.5, 0.6) is 5.75 Å². The summed E-state index contributed by atoms with van der Waals surface area (Å²) in [4.78, 5) is 16.1. The molecule has 1 aliphatic heterocycles. The molecule has 26 heavy (non-hydrogen) atoms. The second kappa shape index (κ2) is 8.56. The maximum Gasteiger partial charge on any atom is 0.317 e. The molecule has 6 heteroatoms. The van der Waals surface area contributed by atoms with Crippen molar-refractivity contribution in [2.45, 2.75) is 6.42 Å². The molecule has 0 saturated carbocycles. The van der Waals surface area contributed by atoms with Crippen LogP contribution in [0.25, 0.3) is 0 Å². The lowest BCUT2D eigenvalue weighted by molar-refractivity contribution is 0.194. The van der Waals surface area contributed by atoms with Crippen molar-refractivity contribution in [2.24, 2.45) is 0 Å². The molecule has 138 valence electrons. The molecule has 2 aromatic carbocycles. The molecule has 0 spiro atoms. The first kappa shape index (κ1) is 18.0. The number of methoxy groups -OCH3 is 1. The fourth-order valence-corrected chi connectivity index (χ4v) is 3.18. The zero-order valence-corrected chi connectivity index (χ0v) is 15.0. The van der Waals surface area contributed by atoms with Gasteiger partial charge in [-0.1, -0.05) is 30.3 Å². The summed E-state index contributed by atoms with van der Waals surface area (Å²) in [6, 6.07) is 14.5. The van der Waals surface area contributed by atoms with Crippen molar-refractivity contribution in [3.63, 3.8) is 0 Å². The number of carbonyl (C=O) groups excluding carboxylic acids is 1. The highest BCUT2D eigenvalue weighted by atomic mass is 19.1. The maximum absolute atomic E-state index is 13.9. The van der Waals surface area contributed by atoms with E-state index < -0.39 is 0 Å². The maximum atomic E-state index is 13.9. The van der Waals surface area contributed by atoms with Gasteiger partial charge in [0.2, 0.25) is 0 Å². The third-order valence-corrected chi connectivity index (χ3v) is 4.62. The number of para-hydroxylation sites is 2. The lowest BCUT2D eigenvalue weighted by Gasteiger charge is -2.36. The van der Waals surface area contributed by atoms with E-state index in [0.29, 0.717) is 44.8 Å². The van der Waals surface area contributed by atoms with Crippen molar-refractivity contribution >= 4 is 11.7 Å². The Kier molecular flexibility index (Phi) is 5.94. The van der Waals surface area contributed by atoms with Crippen molar-refractivity contribution in [1.29, 1.82) is 0 Å². The number of rotatable bonds is 5. The summed E-state index contributed by atoms with van der Waals surface area (Å²) in [5.74, 6) is 0.613. The Morgan fingerprint density at radius 2 is 1.77 bits per heavy atom. The first-order chi connectivity index (χ1) is 12.7. The van der Waals surface area contributed by atoms with Gasteiger partial charge in [-0.05, 0) is 30.2 Å². The zero-order chi connectivity index (χ0) is 18.4. The minimum atomic E-state index is -0.220. The van der Waals surface area contributed by atoms with E-state index in [-0.39, 0.29) is 11.8 Å². The summed E-state index contributed by atoms with van der Waals surface area (Å²) < 4.78 is 19.2. The number of ether oxygens (including phenoxy) is 1. The van der Waals surface area contributed by atoms with Crippen LogP contribution in [-0.2, 0) is 6.42 Å². The third kappa shape index (κ3) is 4.25. The largest absolute Gasteiger partial charge is 0.496 e. The molecule has 0 unspecified atom stereocenters. The molecule has 0 bridgehead atoms. The lowest BCUT2D eigenvalue weighted by atomic mass is 10.1. The van der Waals surface area contributed by atoms with Crippen LogP contribution >= 0.6 is 0 Å². The van der Waals surface area contributed by atoms with Crippen LogP contribution in [-0.4, -0.2) is 50.8 Å². The second-order valence-corrected chi connectivity index (χ2v) is 6.22.